The molecular weight excluding hydrogens is 270 g/mol. The van der Waals surface area contributed by atoms with Gasteiger partial charge >= 0.3 is 0 Å². The Hall–Kier alpha value is -1.40. The van der Waals surface area contributed by atoms with Gasteiger partial charge in [-0.05, 0) is 31.2 Å². The first kappa shape index (κ1) is 16.0. The number of aliphatic hydroxyl groups excluding tert-OH is 1. The number of hydrogen-bond donors (Lipinski definition) is 2. The minimum absolute atomic E-state index is 0.113. The number of ether oxygens (including phenoxy) is 1. The van der Waals surface area contributed by atoms with E-state index < -0.39 is 0 Å². The minimum atomic E-state index is -0.195. The Bertz CT molecular complexity index is 435. The molecule has 1 aromatic rings. The first-order valence-electron chi connectivity index (χ1n) is 7.54. The van der Waals surface area contributed by atoms with Crippen LogP contribution in [-0.4, -0.2) is 59.5 Å². The van der Waals surface area contributed by atoms with E-state index in [1.807, 2.05) is 11.1 Å². The van der Waals surface area contributed by atoms with Gasteiger partial charge < -0.3 is 14.7 Å². The number of likely N-dealkylation sites (tertiary alicyclic amines) is 1. The minimum Gasteiger partial charge on any atom is -0.396 e. The van der Waals surface area contributed by atoms with E-state index in [0.717, 1.165) is 31.4 Å². The lowest BCUT2D eigenvalue weighted by Gasteiger charge is -2.42. The molecule has 21 heavy (non-hydrogen) atoms. The summed E-state index contributed by atoms with van der Waals surface area (Å²) < 4.78 is 5.14. The molecule has 2 heterocycles. The third-order valence-corrected chi connectivity index (χ3v) is 4.37. The third kappa shape index (κ3) is 4.28. The third-order valence-electron chi connectivity index (χ3n) is 4.37. The van der Waals surface area contributed by atoms with Gasteiger partial charge in [-0.25, -0.2) is 0 Å². The molecule has 6 nitrogen and oxygen atoms in total. The van der Waals surface area contributed by atoms with Crippen LogP contribution in [0.2, 0.25) is 0 Å². The van der Waals surface area contributed by atoms with Crippen LogP contribution in [0.5, 0.6) is 0 Å². The fourth-order valence-corrected chi connectivity index (χ4v) is 2.98. The average molecular weight is 295 g/mol. The molecule has 1 fully saturated rings. The van der Waals surface area contributed by atoms with Gasteiger partial charge in [0.25, 0.3) is 0 Å². The summed E-state index contributed by atoms with van der Waals surface area (Å²) >= 11 is 0. The zero-order valence-electron chi connectivity index (χ0n) is 12.7. The second kappa shape index (κ2) is 7.56. The van der Waals surface area contributed by atoms with Crippen LogP contribution in [0, 0.1) is 5.41 Å². The van der Waals surface area contributed by atoms with Gasteiger partial charge in [0, 0.05) is 44.8 Å². The Labute approximate surface area is 125 Å². The normalized spacial score (nSPS) is 22.5. The lowest BCUT2D eigenvalue weighted by atomic mass is 9.78. The highest BCUT2D eigenvalue weighted by atomic mass is 16.5. The van der Waals surface area contributed by atoms with Gasteiger partial charge in [0.1, 0.15) is 0 Å². The molecule has 0 unspecified atom stereocenters. The predicted octanol–water partition coefficient (Wildman–Crippen LogP) is 0.980. The highest BCUT2D eigenvalue weighted by molar-refractivity contribution is 5.76. The fourth-order valence-electron chi connectivity index (χ4n) is 2.98. The number of hydrogen-bond acceptors (Lipinski definition) is 4. The number of nitrogens with one attached hydrogen (secondary N) is 1. The van der Waals surface area contributed by atoms with Crippen LogP contribution in [0.3, 0.4) is 0 Å². The van der Waals surface area contributed by atoms with Crippen molar-refractivity contribution in [1.29, 1.82) is 0 Å². The number of piperidine rings is 1. The van der Waals surface area contributed by atoms with Crippen molar-refractivity contribution in [2.24, 2.45) is 5.41 Å². The molecule has 1 saturated heterocycles. The number of nitrogens with zero attached hydrogens (tertiary/aromatic N) is 2. The molecule has 0 aromatic carbocycles. The summed E-state index contributed by atoms with van der Waals surface area (Å²) in [4.78, 5) is 14.3. The molecule has 1 aliphatic rings. The molecule has 0 aliphatic carbocycles. The maximum atomic E-state index is 12.4. The van der Waals surface area contributed by atoms with Crippen molar-refractivity contribution in [3.05, 3.63) is 18.0 Å². The van der Waals surface area contributed by atoms with Crippen LogP contribution >= 0.6 is 0 Å². The van der Waals surface area contributed by atoms with Gasteiger partial charge in [-0.15, -0.1) is 0 Å². The highest BCUT2D eigenvalue weighted by Crippen LogP contribution is 2.33. The topological polar surface area (TPSA) is 78.5 Å². The van der Waals surface area contributed by atoms with Gasteiger partial charge in [-0.1, -0.05) is 0 Å². The highest BCUT2D eigenvalue weighted by Gasteiger charge is 2.36. The molecule has 1 aliphatic heterocycles. The van der Waals surface area contributed by atoms with Crippen molar-refractivity contribution in [2.75, 3.05) is 33.4 Å². The van der Waals surface area contributed by atoms with Crippen LogP contribution in [0.4, 0.5) is 0 Å². The quantitative estimate of drug-likeness (QED) is 0.786. The maximum absolute atomic E-state index is 12.4. The Morgan fingerprint density at radius 3 is 3.14 bits per heavy atom. The predicted molar refractivity (Wildman–Crippen MR) is 78.7 cm³/mol. The largest absolute Gasteiger partial charge is 0.396 e. The summed E-state index contributed by atoms with van der Waals surface area (Å²) in [6.45, 7) is 2.16. The summed E-state index contributed by atoms with van der Waals surface area (Å²) in [5.41, 5.74) is 0.854. The summed E-state index contributed by atoms with van der Waals surface area (Å²) in [5, 5.41) is 16.4. The number of carbonyl (C=O) groups is 1. The van der Waals surface area contributed by atoms with Gasteiger partial charge in [-0.2, -0.15) is 5.10 Å². The van der Waals surface area contributed by atoms with Crippen molar-refractivity contribution in [2.45, 2.75) is 32.1 Å². The van der Waals surface area contributed by atoms with Crippen LogP contribution in [0.25, 0.3) is 0 Å². The monoisotopic (exact) mass is 295 g/mol. The summed E-state index contributed by atoms with van der Waals surface area (Å²) in [7, 11) is 1.67. The number of carbonyl (C=O) groups excluding carboxylic acids is 1. The molecule has 2 rings (SSSR count). The van der Waals surface area contributed by atoms with Crippen molar-refractivity contribution >= 4 is 5.91 Å². The molecule has 1 aromatic heterocycles. The van der Waals surface area contributed by atoms with Crippen LogP contribution in [-0.2, 0) is 16.0 Å². The smallest absolute Gasteiger partial charge is 0.222 e. The van der Waals surface area contributed by atoms with E-state index in [-0.39, 0.29) is 17.9 Å². The van der Waals surface area contributed by atoms with Crippen molar-refractivity contribution in [1.82, 2.24) is 15.1 Å². The molecular formula is C15H25N3O3. The zero-order valence-corrected chi connectivity index (χ0v) is 12.7. The lowest BCUT2D eigenvalue weighted by Crippen LogP contribution is -2.48. The first-order chi connectivity index (χ1) is 10.2. The van der Waals surface area contributed by atoms with E-state index in [2.05, 4.69) is 10.2 Å². The number of methoxy groups -OCH3 is 1. The van der Waals surface area contributed by atoms with Crippen molar-refractivity contribution in [3.63, 3.8) is 0 Å². The number of H-pyrrole nitrogens is 1. The van der Waals surface area contributed by atoms with E-state index in [0.29, 0.717) is 26.0 Å². The Kier molecular flexibility index (Phi) is 5.76. The van der Waals surface area contributed by atoms with Gasteiger partial charge in [0.05, 0.1) is 12.8 Å². The van der Waals surface area contributed by atoms with E-state index in [9.17, 15) is 9.90 Å². The van der Waals surface area contributed by atoms with Crippen LogP contribution in [0.15, 0.2) is 12.4 Å². The number of rotatable bonds is 7. The number of aliphatic hydroxyl groups is 1. The van der Waals surface area contributed by atoms with Gasteiger partial charge in [0.2, 0.25) is 5.91 Å². The Morgan fingerprint density at radius 1 is 1.62 bits per heavy atom. The second-order valence-corrected chi connectivity index (χ2v) is 5.93. The molecule has 6 heteroatoms. The van der Waals surface area contributed by atoms with E-state index in [1.54, 1.807) is 13.3 Å². The fraction of sp³-hybridized carbons (Fsp3) is 0.733. The summed E-state index contributed by atoms with van der Waals surface area (Å²) in [6.07, 6.45) is 7.47. The molecule has 0 bridgehead atoms. The van der Waals surface area contributed by atoms with Gasteiger partial charge in [-0.3, -0.25) is 9.89 Å². The Morgan fingerprint density at radius 2 is 2.48 bits per heavy atom. The summed E-state index contributed by atoms with van der Waals surface area (Å²) in [6, 6.07) is 0. The van der Waals surface area contributed by atoms with Crippen molar-refractivity contribution < 1.29 is 14.6 Å². The molecule has 0 saturated carbocycles. The molecule has 1 amide bonds. The maximum Gasteiger partial charge on any atom is 0.222 e. The molecule has 0 spiro atoms. The van der Waals surface area contributed by atoms with Crippen molar-refractivity contribution in [3.8, 4) is 0 Å². The number of aromatic amines is 1. The summed E-state index contributed by atoms with van der Waals surface area (Å²) in [5.74, 6) is 0.158. The lowest BCUT2D eigenvalue weighted by molar-refractivity contribution is -0.136. The molecule has 2 N–H and O–H groups in total. The van der Waals surface area contributed by atoms with E-state index >= 15 is 0 Å². The standard InChI is InChI=1S/C15H25N3O3/c1-21-8-6-15(12-19)5-2-7-18(11-15)14(20)4-3-13-9-16-17-10-13/h9-10,19H,2-8,11-12H2,1H3,(H,16,17)/t15-/m1/s1. The molecule has 0 radical (unpaired) electrons. The zero-order chi connectivity index (χ0) is 15.1. The van der Waals surface area contributed by atoms with E-state index in [1.165, 1.54) is 0 Å². The van der Waals surface area contributed by atoms with Gasteiger partial charge in [0.15, 0.2) is 0 Å². The first-order valence-corrected chi connectivity index (χ1v) is 7.54. The molecule has 1 atom stereocenters. The van der Waals surface area contributed by atoms with Crippen LogP contribution in [0.1, 0.15) is 31.2 Å². The average Bonchev–Trinajstić information content (AvgIpc) is 3.04. The number of aryl methyl sites for hydroxylation is 1. The SMILES string of the molecule is COCC[C@]1(CO)CCCN(C(=O)CCc2cn[nH]c2)C1. The second-order valence-electron chi connectivity index (χ2n) is 5.93. The molecule has 118 valence electrons. The number of aromatic nitrogens is 2. The van der Waals surface area contributed by atoms with E-state index in [4.69, 9.17) is 4.74 Å². The van der Waals surface area contributed by atoms with Crippen LogP contribution < -0.4 is 0 Å². The number of amides is 1. The Balaban J connectivity index is 1.88.